The Morgan fingerprint density at radius 1 is 1.08 bits per heavy atom. The zero-order chi connectivity index (χ0) is 17.1. The molecule has 4 rings (SSSR count). The van der Waals surface area contributed by atoms with Crippen molar-refractivity contribution in [2.24, 2.45) is 0 Å². The van der Waals surface area contributed by atoms with Gasteiger partial charge in [0.15, 0.2) is 6.10 Å². The fourth-order valence-electron chi connectivity index (χ4n) is 3.10. The van der Waals surface area contributed by atoms with Crippen LogP contribution in [0.2, 0.25) is 0 Å². The molecule has 1 amide bonds. The van der Waals surface area contributed by atoms with Crippen LogP contribution in [-0.4, -0.2) is 36.8 Å². The van der Waals surface area contributed by atoms with Gasteiger partial charge in [-0.2, -0.15) is 0 Å². The Morgan fingerprint density at radius 3 is 2.64 bits per heavy atom. The van der Waals surface area contributed by atoms with Crippen molar-refractivity contribution in [2.45, 2.75) is 12.6 Å². The Hall–Kier alpha value is -2.63. The van der Waals surface area contributed by atoms with Crippen LogP contribution in [0.4, 0.5) is 5.69 Å². The molecular weight excluding hydrogens is 316 g/mol. The molecule has 1 N–H and O–H groups in total. The number of rotatable bonds is 4. The second-order valence-corrected chi connectivity index (χ2v) is 6.08. The monoisotopic (exact) mass is 336 g/mol. The maximum atomic E-state index is 13.0. The van der Waals surface area contributed by atoms with Crippen molar-refractivity contribution in [1.82, 2.24) is 4.98 Å². The highest BCUT2D eigenvalue weighted by Crippen LogP contribution is 2.22. The van der Waals surface area contributed by atoms with Crippen LogP contribution >= 0.6 is 0 Å². The summed E-state index contributed by atoms with van der Waals surface area (Å²) in [5.41, 5.74) is 2.89. The Morgan fingerprint density at radius 2 is 1.88 bits per heavy atom. The molecule has 0 saturated carbocycles. The largest absolute Gasteiger partial charge is 0.376 e. The van der Waals surface area contributed by atoms with Crippen molar-refractivity contribution in [1.29, 1.82) is 0 Å². The molecule has 2 aromatic carbocycles. The number of nitrogens with one attached hydrogen (secondary N) is 1. The normalized spacial score (nSPS) is 17.5. The summed E-state index contributed by atoms with van der Waals surface area (Å²) in [5.74, 6) is -0.0791. The van der Waals surface area contributed by atoms with Gasteiger partial charge in [0, 0.05) is 16.9 Å². The summed E-state index contributed by atoms with van der Waals surface area (Å²) in [6.07, 6.45) is -0.557. The van der Waals surface area contributed by atoms with Gasteiger partial charge in [0.1, 0.15) is 0 Å². The number of nitrogens with zero attached hydrogens (tertiary/aromatic N) is 1. The number of para-hydroxylation sites is 2. The first kappa shape index (κ1) is 15.9. The lowest BCUT2D eigenvalue weighted by molar-refractivity contribution is -0.145. The summed E-state index contributed by atoms with van der Waals surface area (Å²) in [6.45, 7) is 1.74. The van der Waals surface area contributed by atoms with E-state index >= 15 is 0 Å². The van der Waals surface area contributed by atoms with E-state index in [4.69, 9.17) is 9.47 Å². The van der Waals surface area contributed by atoms with Crippen LogP contribution in [0, 0.1) is 0 Å². The Labute approximate surface area is 146 Å². The third kappa shape index (κ3) is 3.43. The quantitative estimate of drug-likeness (QED) is 0.796. The van der Waals surface area contributed by atoms with E-state index in [1.54, 1.807) is 4.90 Å². The fourth-order valence-corrected chi connectivity index (χ4v) is 3.10. The van der Waals surface area contributed by atoms with Crippen LogP contribution in [0.5, 0.6) is 0 Å². The van der Waals surface area contributed by atoms with Crippen molar-refractivity contribution < 1.29 is 14.3 Å². The SMILES string of the molecule is O=C(C1COCCO1)N(Cc1cc2ccccc2[nH]1)c1ccccc1. The average molecular weight is 336 g/mol. The molecule has 1 fully saturated rings. The predicted octanol–water partition coefficient (Wildman–Crippen LogP) is 3.12. The molecule has 1 unspecified atom stereocenters. The molecule has 3 aromatic rings. The minimum Gasteiger partial charge on any atom is -0.376 e. The Balaban J connectivity index is 1.63. The summed E-state index contributed by atoms with van der Waals surface area (Å²) in [5, 5.41) is 1.13. The number of aromatic amines is 1. The maximum absolute atomic E-state index is 13.0. The first-order valence-corrected chi connectivity index (χ1v) is 8.44. The van der Waals surface area contributed by atoms with Crippen LogP contribution in [-0.2, 0) is 20.8 Å². The molecule has 1 aliphatic heterocycles. The first-order valence-electron chi connectivity index (χ1n) is 8.44. The molecule has 5 heteroatoms. The lowest BCUT2D eigenvalue weighted by Gasteiger charge is -2.29. The van der Waals surface area contributed by atoms with E-state index in [1.807, 2.05) is 48.5 Å². The molecule has 0 spiro atoms. The van der Waals surface area contributed by atoms with Crippen LogP contribution in [0.1, 0.15) is 5.69 Å². The minimum atomic E-state index is -0.557. The van der Waals surface area contributed by atoms with Gasteiger partial charge in [0.25, 0.3) is 5.91 Å². The third-order valence-electron chi connectivity index (χ3n) is 4.34. The number of ether oxygens (including phenoxy) is 2. The number of anilines is 1. The second kappa shape index (κ2) is 7.09. The summed E-state index contributed by atoms with van der Waals surface area (Å²) < 4.78 is 11.0. The van der Waals surface area contributed by atoms with Crippen molar-refractivity contribution >= 4 is 22.5 Å². The zero-order valence-corrected chi connectivity index (χ0v) is 13.9. The first-order chi connectivity index (χ1) is 12.3. The number of aromatic nitrogens is 1. The lowest BCUT2D eigenvalue weighted by atomic mass is 10.2. The number of H-pyrrole nitrogens is 1. The van der Waals surface area contributed by atoms with Gasteiger partial charge < -0.3 is 19.4 Å². The molecule has 1 saturated heterocycles. The van der Waals surface area contributed by atoms with E-state index < -0.39 is 6.10 Å². The number of hydrogen-bond acceptors (Lipinski definition) is 3. The van der Waals surface area contributed by atoms with E-state index in [0.717, 1.165) is 22.3 Å². The van der Waals surface area contributed by atoms with E-state index in [0.29, 0.717) is 26.4 Å². The van der Waals surface area contributed by atoms with Gasteiger partial charge in [-0.25, -0.2) is 0 Å². The molecule has 0 aliphatic carbocycles. The smallest absolute Gasteiger partial charge is 0.258 e. The van der Waals surface area contributed by atoms with Crippen LogP contribution in [0.3, 0.4) is 0 Å². The third-order valence-corrected chi connectivity index (χ3v) is 4.34. The number of amides is 1. The summed E-state index contributed by atoms with van der Waals surface area (Å²) in [7, 11) is 0. The molecule has 5 nitrogen and oxygen atoms in total. The molecule has 0 radical (unpaired) electrons. The van der Waals surface area contributed by atoms with Crippen molar-refractivity contribution in [3.05, 3.63) is 66.4 Å². The molecule has 128 valence electrons. The molecular formula is C20H20N2O3. The van der Waals surface area contributed by atoms with Crippen LogP contribution in [0.25, 0.3) is 10.9 Å². The number of carbonyl (C=O) groups is 1. The minimum absolute atomic E-state index is 0.0791. The highest BCUT2D eigenvalue weighted by atomic mass is 16.6. The molecule has 1 aliphatic rings. The topological polar surface area (TPSA) is 54.6 Å². The molecule has 2 heterocycles. The van der Waals surface area contributed by atoms with Gasteiger partial charge in [0.2, 0.25) is 0 Å². The molecule has 1 atom stereocenters. The standard InChI is InChI=1S/C20H20N2O3/c23-20(19-14-24-10-11-25-19)22(17-7-2-1-3-8-17)13-16-12-15-6-4-5-9-18(15)21-16/h1-9,12,19,21H,10-11,13-14H2. The fraction of sp³-hybridized carbons (Fsp3) is 0.250. The van der Waals surface area contributed by atoms with Gasteiger partial charge in [-0.15, -0.1) is 0 Å². The van der Waals surface area contributed by atoms with Crippen molar-refractivity contribution in [3.63, 3.8) is 0 Å². The van der Waals surface area contributed by atoms with E-state index in [-0.39, 0.29) is 5.91 Å². The average Bonchev–Trinajstić information content (AvgIpc) is 3.09. The summed E-state index contributed by atoms with van der Waals surface area (Å²) >= 11 is 0. The van der Waals surface area contributed by atoms with Gasteiger partial charge in [-0.05, 0) is 29.7 Å². The maximum Gasteiger partial charge on any atom is 0.258 e. The van der Waals surface area contributed by atoms with Gasteiger partial charge in [-0.1, -0.05) is 36.4 Å². The number of carbonyl (C=O) groups excluding carboxylic acids is 1. The van der Waals surface area contributed by atoms with Crippen LogP contribution in [0.15, 0.2) is 60.7 Å². The second-order valence-electron chi connectivity index (χ2n) is 6.08. The Bertz CT molecular complexity index is 821. The Kier molecular flexibility index (Phi) is 4.50. The molecule has 0 bridgehead atoms. The van der Waals surface area contributed by atoms with Gasteiger partial charge >= 0.3 is 0 Å². The highest BCUT2D eigenvalue weighted by molar-refractivity contribution is 5.96. The van der Waals surface area contributed by atoms with Crippen molar-refractivity contribution in [3.8, 4) is 0 Å². The van der Waals surface area contributed by atoms with E-state index in [9.17, 15) is 4.79 Å². The number of fused-ring (bicyclic) bond motifs is 1. The van der Waals surface area contributed by atoms with Gasteiger partial charge in [-0.3, -0.25) is 4.79 Å². The highest BCUT2D eigenvalue weighted by Gasteiger charge is 2.29. The number of hydrogen-bond donors (Lipinski definition) is 1. The van der Waals surface area contributed by atoms with E-state index in [2.05, 4.69) is 17.1 Å². The molecule has 1 aromatic heterocycles. The van der Waals surface area contributed by atoms with Gasteiger partial charge in [0.05, 0.1) is 26.4 Å². The summed E-state index contributed by atoms with van der Waals surface area (Å²) in [4.78, 5) is 18.2. The summed E-state index contributed by atoms with van der Waals surface area (Å²) in [6, 6.07) is 19.8. The predicted molar refractivity (Wildman–Crippen MR) is 96.5 cm³/mol. The van der Waals surface area contributed by atoms with Crippen molar-refractivity contribution in [2.75, 3.05) is 24.7 Å². The number of benzene rings is 2. The zero-order valence-electron chi connectivity index (χ0n) is 13.9. The van der Waals surface area contributed by atoms with E-state index in [1.165, 1.54) is 0 Å². The lowest BCUT2D eigenvalue weighted by Crippen LogP contribution is -2.45. The van der Waals surface area contributed by atoms with Crippen LogP contribution < -0.4 is 4.90 Å². The molecule has 25 heavy (non-hydrogen) atoms.